The third-order valence-electron chi connectivity index (χ3n) is 4.73. The second kappa shape index (κ2) is 7.65. The van der Waals surface area contributed by atoms with Crippen LogP contribution in [0.4, 0.5) is 0 Å². The summed E-state index contributed by atoms with van der Waals surface area (Å²) in [6.45, 7) is 5.76. The van der Waals surface area contributed by atoms with Crippen LogP contribution in [0.25, 0.3) is 27.7 Å². The number of amides is 1. The number of furan rings is 1. The Morgan fingerprint density at radius 1 is 0.933 bits per heavy atom. The molecule has 150 valence electrons. The van der Waals surface area contributed by atoms with Crippen molar-refractivity contribution in [1.82, 2.24) is 4.72 Å². The molecule has 0 fully saturated rings. The van der Waals surface area contributed by atoms with Crippen LogP contribution >= 0.6 is 0 Å². The summed E-state index contributed by atoms with van der Waals surface area (Å²) in [5.74, 6) is -0.907. The summed E-state index contributed by atoms with van der Waals surface area (Å²) in [5, 5.41) is 0.701. The minimum Gasteiger partial charge on any atom is -0.451 e. The Morgan fingerprint density at radius 2 is 1.63 bits per heavy atom. The van der Waals surface area contributed by atoms with E-state index in [1.165, 1.54) is 12.1 Å². The van der Waals surface area contributed by atoms with Crippen molar-refractivity contribution in [2.75, 3.05) is 0 Å². The zero-order valence-electron chi connectivity index (χ0n) is 16.3. The summed E-state index contributed by atoms with van der Waals surface area (Å²) in [6, 6.07) is 22.6. The Morgan fingerprint density at radius 3 is 2.37 bits per heavy atom. The predicted molar refractivity (Wildman–Crippen MR) is 117 cm³/mol. The molecule has 3 aromatic carbocycles. The number of hydrogen-bond donors (Lipinski definition) is 1. The Balaban J connectivity index is 1.67. The molecule has 0 aliphatic heterocycles. The van der Waals surface area contributed by atoms with Crippen LogP contribution in [0.2, 0.25) is 0 Å². The zero-order chi connectivity index (χ0) is 21.3. The Kier molecular flexibility index (Phi) is 5.01. The standard InChI is InChI=1S/C24H19NO4S/c1-16(2)18-12-13-19-15-22(29-21(19)14-18)24(26)25-30(27,28)23-11-7-6-10-20(23)17-8-4-3-5-9-17/h3-15H,1H2,2H3,(H,25,26). The SMILES string of the molecule is C=C(C)c1ccc2cc(C(=O)NS(=O)(=O)c3ccccc3-c3ccccc3)oc2c1. The first-order valence-electron chi connectivity index (χ1n) is 9.26. The molecule has 4 rings (SSSR count). The van der Waals surface area contributed by atoms with Gasteiger partial charge >= 0.3 is 5.91 Å². The fourth-order valence-corrected chi connectivity index (χ4v) is 4.38. The minimum atomic E-state index is -4.12. The zero-order valence-corrected chi connectivity index (χ0v) is 17.1. The molecule has 0 spiro atoms. The van der Waals surface area contributed by atoms with Crippen LogP contribution in [0.1, 0.15) is 23.0 Å². The van der Waals surface area contributed by atoms with Crippen molar-refractivity contribution in [3.63, 3.8) is 0 Å². The maximum atomic E-state index is 13.0. The van der Waals surface area contributed by atoms with Gasteiger partial charge < -0.3 is 4.42 Å². The van der Waals surface area contributed by atoms with Crippen LogP contribution in [0.15, 0.2) is 94.8 Å². The van der Waals surface area contributed by atoms with Crippen molar-refractivity contribution in [1.29, 1.82) is 0 Å². The van der Waals surface area contributed by atoms with Crippen LogP contribution < -0.4 is 4.72 Å². The third-order valence-corrected chi connectivity index (χ3v) is 6.11. The molecule has 0 atom stereocenters. The highest BCUT2D eigenvalue weighted by Crippen LogP contribution is 2.28. The Hall–Kier alpha value is -3.64. The molecule has 30 heavy (non-hydrogen) atoms. The molecule has 6 heteroatoms. The summed E-state index contributed by atoms with van der Waals surface area (Å²) in [7, 11) is -4.12. The van der Waals surface area contributed by atoms with E-state index in [4.69, 9.17) is 4.42 Å². The van der Waals surface area contributed by atoms with Crippen molar-refractivity contribution in [2.45, 2.75) is 11.8 Å². The molecule has 0 aliphatic carbocycles. The van der Waals surface area contributed by atoms with Crippen molar-refractivity contribution in [2.24, 2.45) is 0 Å². The molecular weight excluding hydrogens is 398 g/mol. The van der Waals surface area contributed by atoms with E-state index in [-0.39, 0.29) is 10.7 Å². The number of fused-ring (bicyclic) bond motifs is 1. The Bertz CT molecular complexity index is 1370. The van der Waals surface area contributed by atoms with Gasteiger partial charge in [0.05, 0.1) is 4.90 Å². The summed E-state index contributed by atoms with van der Waals surface area (Å²) in [5.41, 5.74) is 3.48. The highest BCUT2D eigenvalue weighted by atomic mass is 32.2. The quantitative estimate of drug-likeness (QED) is 0.481. The molecule has 0 saturated carbocycles. The lowest BCUT2D eigenvalue weighted by atomic mass is 10.1. The minimum absolute atomic E-state index is 0.0187. The normalized spacial score (nSPS) is 11.4. The summed E-state index contributed by atoms with van der Waals surface area (Å²) < 4.78 is 33.7. The number of nitrogens with one attached hydrogen (secondary N) is 1. The molecule has 0 saturated heterocycles. The maximum Gasteiger partial charge on any atom is 0.300 e. The van der Waals surface area contributed by atoms with Gasteiger partial charge in [-0.3, -0.25) is 4.79 Å². The van der Waals surface area contributed by atoms with E-state index in [2.05, 4.69) is 11.3 Å². The molecule has 4 aromatic rings. The van der Waals surface area contributed by atoms with Crippen molar-refractivity contribution in [3.8, 4) is 11.1 Å². The van der Waals surface area contributed by atoms with Crippen LogP contribution in [0.3, 0.4) is 0 Å². The molecule has 5 nitrogen and oxygen atoms in total. The lowest BCUT2D eigenvalue weighted by molar-refractivity contribution is 0.0956. The monoisotopic (exact) mass is 417 g/mol. The number of carbonyl (C=O) groups excluding carboxylic acids is 1. The number of allylic oxidation sites excluding steroid dienone is 1. The largest absolute Gasteiger partial charge is 0.451 e. The van der Waals surface area contributed by atoms with Gasteiger partial charge in [-0.05, 0) is 36.2 Å². The average molecular weight is 417 g/mol. The number of benzene rings is 3. The second-order valence-corrected chi connectivity index (χ2v) is 8.59. The molecular formula is C24H19NO4S. The van der Waals surface area contributed by atoms with Gasteiger partial charge in [-0.1, -0.05) is 72.8 Å². The van der Waals surface area contributed by atoms with Gasteiger partial charge in [0.1, 0.15) is 5.58 Å². The van der Waals surface area contributed by atoms with E-state index in [1.54, 1.807) is 30.3 Å². The van der Waals surface area contributed by atoms with Gasteiger partial charge in [-0.2, -0.15) is 0 Å². The van der Waals surface area contributed by atoms with Gasteiger partial charge in [0, 0.05) is 10.9 Å². The molecule has 1 N–H and O–H groups in total. The number of rotatable bonds is 5. The molecule has 0 bridgehead atoms. The van der Waals surface area contributed by atoms with Crippen molar-refractivity contribution in [3.05, 3.63) is 96.8 Å². The van der Waals surface area contributed by atoms with E-state index in [1.807, 2.05) is 43.3 Å². The smallest absolute Gasteiger partial charge is 0.300 e. The Labute approximate surface area is 174 Å². The van der Waals surface area contributed by atoms with E-state index < -0.39 is 15.9 Å². The molecule has 1 aromatic heterocycles. The first kappa shape index (κ1) is 19.7. The fraction of sp³-hybridized carbons (Fsp3) is 0.0417. The van der Waals surface area contributed by atoms with E-state index in [0.717, 1.165) is 16.7 Å². The van der Waals surface area contributed by atoms with Gasteiger partial charge in [0.25, 0.3) is 10.0 Å². The van der Waals surface area contributed by atoms with Crippen molar-refractivity contribution >= 4 is 32.5 Å². The van der Waals surface area contributed by atoms with Gasteiger partial charge in [-0.25, -0.2) is 13.1 Å². The van der Waals surface area contributed by atoms with Crippen LogP contribution in [-0.4, -0.2) is 14.3 Å². The summed E-state index contributed by atoms with van der Waals surface area (Å²) in [6.07, 6.45) is 0. The average Bonchev–Trinajstić information content (AvgIpc) is 3.18. The number of sulfonamides is 1. The van der Waals surface area contributed by atoms with Crippen LogP contribution in [0.5, 0.6) is 0 Å². The van der Waals surface area contributed by atoms with Crippen molar-refractivity contribution < 1.29 is 17.6 Å². The van der Waals surface area contributed by atoms with Gasteiger partial charge in [-0.15, -0.1) is 0 Å². The first-order chi connectivity index (χ1) is 14.3. The molecule has 0 aliphatic rings. The molecule has 0 unspecified atom stereocenters. The van der Waals surface area contributed by atoms with E-state index in [0.29, 0.717) is 16.5 Å². The summed E-state index contributed by atoms with van der Waals surface area (Å²) >= 11 is 0. The lowest BCUT2D eigenvalue weighted by Gasteiger charge is -2.11. The fourth-order valence-electron chi connectivity index (χ4n) is 3.19. The number of hydrogen-bond acceptors (Lipinski definition) is 4. The molecule has 1 heterocycles. The topological polar surface area (TPSA) is 76.4 Å². The highest BCUT2D eigenvalue weighted by molar-refractivity contribution is 7.90. The lowest BCUT2D eigenvalue weighted by Crippen LogP contribution is -2.30. The maximum absolute atomic E-state index is 13.0. The van der Waals surface area contributed by atoms with Gasteiger partial charge in [0.2, 0.25) is 0 Å². The number of carbonyl (C=O) groups is 1. The van der Waals surface area contributed by atoms with Crippen LogP contribution in [0, 0.1) is 0 Å². The highest BCUT2D eigenvalue weighted by Gasteiger charge is 2.24. The van der Waals surface area contributed by atoms with Crippen LogP contribution in [-0.2, 0) is 10.0 Å². The summed E-state index contributed by atoms with van der Waals surface area (Å²) in [4.78, 5) is 12.7. The molecule has 0 radical (unpaired) electrons. The second-order valence-electron chi connectivity index (χ2n) is 6.94. The third kappa shape index (κ3) is 3.77. The van der Waals surface area contributed by atoms with E-state index >= 15 is 0 Å². The predicted octanol–water partition coefficient (Wildman–Crippen LogP) is 5.25. The first-order valence-corrected chi connectivity index (χ1v) is 10.7. The van der Waals surface area contributed by atoms with Gasteiger partial charge in [0.15, 0.2) is 5.76 Å². The molecule has 1 amide bonds. The van der Waals surface area contributed by atoms with E-state index in [9.17, 15) is 13.2 Å².